The number of benzene rings is 2. The summed E-state index contributed by atoms with van der Waals surface area (Å²) in [6, 6.07) is 20.8. The topological polar surface area (TPSA) is 34.9 Å². The van der Waals surface area contributed by atoms with Crippen molar-refractivity contribution in [2.45, 2.75) is 13.8 Å². The number of hydrogen-bond acceptors (Lipinski definition) is 2. The van der Waals surface area contributed by atoms with Crippen LogP contribution in [-0.4, -0.2) is 9.78 Å². The molecule has 4 rings (SSSR count). The molecule has 0 aliphatic rings. The van der Waals surface area contributed by atoms with Gasteiger partial charge in [-0.2, -0.15) is 5.10 Å². The van der Waals surface area contributed by atoms with Crippen molar-refractivity contribution in [1.82, 2.24) is 9.78 Å². The summed E-state index contributed by atoms with van der Waals surface area (Å²) in [5.41, 5.74) is 5.54. The lowest BCUT2D eigenvalue weighted by Gasteiger charge is -2.02. The number of fused-ring (bicyclic) bond motifs is 1. The average Bonchev–Trinajstić information content (AvgIpc) is 2.93. The minimum absolute atomic E-state index is 0.0849. The lowest BCUT2D eigenvalue weighted by Crippen LogP contribution is -2.04. The predicted octanol–water partition coefficient (Wildman–Crippen LogP) is 5.83. The molecular weight excluding hydrogens is 368 g/mol. The Morgan fingerprint density at radius 2 is 1.71 bits per heavy atom. The Bertz CT molecular complexity index is 1270. The van der Waals surface area contributed by atoms with Crippen molar-refractivity contribution in [3.05, 3.63) is 104 Å². The number of aromatic nitrogens is 2. The first-order valence-corrected chi connectivity index (χ1v) is 9.44. The largest absolute Gasteiger partial charge is 0.288 e. The van der Waals surface area contributed by atoms with Gasteiger partial charge in [0.2, 0.25) is 5.43 Å². The van der Waals surface area contributed by atoms with Gasteiger partial charge < -0.3 is 0 Å². The fourth-order valence-electron chi connectivity index (χ4n) is 3.18. The first kappa shape index (κ1) is 18.2. The second kappa shape index (κ2) is 7.45. The Kier molecular flexibility index (Phi) is 4.84. The van der Waals surface area contributed by atoms with Gasteiger partial charge in [-0.05, 0) is 60.9 Å². The van der Waals surface area contributed by atoms with E-state index in [1.165, 1.54) is 11.1 Å². The minimum atomic E-state index is -0.0849. The molecule has 0 fully saturated rings. The number of halogens is 1. The summed E-state index contributed by atoms with van der Waals surface area (Å²) < 4.78 is 1.67. The summed E-state index contributed by atoms with van der Waals surface area (Å²) in [5.74, 6) is 0. The summed E-state index contributed by atoms with van der Waals surface area (Å²) in [6.45, 7) is 4.19. The van der Waals surface area contributed by atoms with E-state index in [1.54, 1.807) is 28.9 Å². The highest BCUT2D eigenvalue weighted by atomic mass is 35.5. The normalized spacial score (nSPS) is 11.4. The molecule has 1 aromatic heterocycles. The predicted molar refractivity (Wildman–Crippen MR) is 117 cm³/mol. The van der Waals surface area contributed by atoms with Crippen LogP contribution in [0.25, 0.3) is 28.7 Å². The van der Waals surface area contributed by atoms with Crippen molar-refractivity contribution in [1.29, 1.82) is 0 Å². The van der Waals surface area contributed by atoms with Gasteiger partial charge in [0.1, 0.15) is 5.52 Å². The van der Waals surface area contributed by atoms with Crippen molar-refractivity contribution in [3.63, 3.8) is 0 Å². The quantitative estimate of drug-likeness (QED) is 0.444. The van der Waals surface area contributed by atoms with E-state index in [-0.39, 0.29) is 5.43 Å². The number of rotatable bonds is 3. The van der Waals surface area contributed by atoms with Crippen molar-refractivity contribution in [2.24, 2.45) is 0 Å². The molecule has 3 aromatic carbocycles. The molecule has 0 spiro atoms. The van der Waals surface area contributed by atoms with Crippen LogP contribution >= 0.6 is 11.6 Å². The van der Waals surface area contributed by atoms with Crippen LogP contribution in [0.1, 0.15) is 22.4 Å². The SMILES string of the molecule is Cc1ccc(C=Cc2nn(-c3cccc(Cl)c3)c3c(=O)ccccc23)cc1C. The number of hydrogen-bond donors (Lipinski definition) is 0. The maximum absolute atomic E-state index is 12.7. The molecule has 0 radical (unpaired) electrons. The van der Waals surface area contributed by atoms with Crippen molar-refractivity contribution >= 4 is 34.7 Å². The standard InChI is InChI=1S/C24H19ClN2O/c1-16-10-11-18(14-17(16)2)12-13-22-21-8-3-4-9-23(28)24(21)27(26-22)20-7-5-6-19(25)15-20/h3-15H,1-2H3. The molecule has 0 atom stereocenters. The lowest BCUT2D eigenvalue weighted by atomic mass is 10.1. The molecular formula is C24H19ClN2O. The fraction of sp³-hybridized carbons (Fsp3) is 0.0833. The summed E-state index contributed by atoms with van der Waals surface area (Å²) in [5, 5.41) is 6.11. The molecule has 0 saturated heterocycles. The molecule has 1 heterocycles. The third-order valence-electron chi connectivity index (χ3n) is 4.82. The molecule has 0 bridgehead atoms. The highest BCUT2D eigenvalue weighted by molar-refractivity contribution is 6.30. The monoisotopic (exact) mass is 386 g/mol. The first-order valence-electron chi connectivity index (χ1n) is 9.06. The zero-order valence-corrected chi connectivity index (χ0v) is 16.4. The van der Waals surface area contributed by atoms with Gasteiger partial charge in [-0.15, -0.1) is 0 Å². The van der Waals surface area contributed by atoms with Crippen LogP contribution in [0.2, 0.25) is 5.02 Å². The molecule has 0 N–H and O–H groups in total. The third kappa shape index (κ3) is 3.49. The fourth-order valence-corrected chi connectivity index (χ4v) is 3.37. The molecule has 138 valence electrons. The Morgan fingerprint density at radius 1 is 0.893 bits per heavy atom. The van der Waals surface area contributed by atoms with E-state index < -0.39 is 0 Å². The van der Waals surface area contributed by atoms with Gasteiger partial charge >= 0.3 is 0 Å². The molecule has 4 heteroatoms. The van der Waals surface area contributed by atoms with Crippen LogP contribution in [0.4, 0.5) is 0 Å². The highest BCUT2D eigenvalue weighted by Crippen LogP contribution is 2.23. The summed E-state index contributed by atoms with van der Waals surface area (Å²) in [6.07, 6.45) is 3.97. The molecule has 3 nitrogen and oxygen atoms in total. The molecule has 0 saturated carbocycles. The van der Waals surface area contributed by atoms with E-state index >= 15 is 0 Å². The van der Waals surface area contributed by atoms with Crippen LogP contribution in [-0.2, 0) is 0 Å². The van der Waals surface area contributed by atoms with E-state index in [2.05, 4.69) is 32.0 Å². The first-order chi connectivity index (χ1) is 13.5. The zero-order valence-electron chi connectivity index (χ0n) is 15.7. The Hall–Kier alpha value is -3.17. The Morgan fingerprint density at radius 3 is 2.50 bits per heavy atom. The van der Waals surface area contributed by atoms with Gasteiger partial charge in [0.05, 0.1) is 11.4 Å². The lowest BCUT2D eigenvalue weighted by molar-refractivity contribution is 0.902. The average molecular weight is 387 g/mol. The summed E-state index contributed by atoms with van der Waals surface area (Å²) in [4.78, 5) is 12.7. The third-order valence-corrected chi connectivity index (χ3v) is 5.06. The molecule has 4 aromatic rings. The summed E-state index contributed by atoms with van der Waals surface area (Å²) >= 11 is 6.15. The van der Waals surface area contributed by atoms with Gasteiger partial charge in [-0.25, -0.2) is 4.68 Å². The van der Waals surface area contributed by atoms with Crippen molar-refractivity contribution < 1.29 is 0 Å². The maximum Gasteiger partial charge on any atom is 0.204 e. The smallest absolute Gasteiger partial charge is 0.204 e. The Labute approximate surface area is 168 Å². The highest BCUT2D eigenvalue weighted by Gasteiger charge is 2.12. The van der Waals surface area contributed by atoms with E-state index in [1.807, 2.05) is 36.4 Å². The van der Waals surface area contributed by atoms with E-state index in [9.17, 15) is 4.79 Å². The van der Waals surface area contributed by atoms with Crippen molar-refractivity contribution in [2.75, 3.05) is 0 Å². The Balaban J connectivity index is 1.91. The minimum Gasteiger partial charge on any atom is -0.288 e. The second-order valence-corrected chi connectivity index (χ2v) is 7.24. The second-order valence-electron chi connectivity index (χ2n) is 6.80. The van der Waals surface area contributed by atoms with E-state index in [4.69, 9.17) is 16.7 Å². The van der Waals surface area contributed by atoms with Crippen LogP contribution in [0.5, 0.6) is 0 Å². The molecule has 28 heavy (non-hydrogen) atoms. The molecule has 0 amide bonds. The van der Waals surface area contributed by atoms with Gasteiger partial charge in [0, 0.05) is 10.4 Å². The van der Waals surface area contributed by atoms with Crippen LogP contribution in [0.15, 0.2) is 71.5 Å². The van der Waals surface area contributed by atoms with Crippen LogP contribution < -0.4 is 5.43 Å². The molecule has 0 aliphatic heterocycles. The number of nitrogens with zero attached hydrogens (tertiary/aromatic N) is 2. The van der Waals surface area contributed by atoms with Crippen molar-refractivity contribution in [3.8, 4) is 5.69 Å². The maximum atomic E-state index is 12.7. The van der Waals surface area contributed by atoms with E-state index in [0.717, 1.165) is 22.3 Å². The number of aryl methyl sites for hydroxylation is 2. The zero-order chi connectivity index (χ0) is 19.7. The summed E-state index contributed by atoms with van der Waals surface area (Å²) in [7, 11) is 0. The van der Waals surface area contributed by atoms with Crippen LogP contribution in [0.3, 0.4) is 0 Å². The molecule has 0 aliphatic carbocycles. The van der Waals surface area contributed by atoms with Gasteiger partial charge in [-0.3, -0.25) is 4.79 Å². The molecule has 0 unspecified atom stereocenters. The van der Waals surface area contributed by atoms with Gasteiger partial charge in [0.25, 0.3) is 0 Å². The van der Waals surface area contributed by atoms with Crippen LogP contribution in [0, 0.1) is 13.8 Å². The van der Waals surface area contributed by atoms with E-state index in [0.29, 0.717) is 10.5 Å². The van der Waals surface area contributed by atoms with Gasteiger partial charge in [0.15, 0.2) is 0 Å². The van der Waals surface area contributed by atoms with Gasteiger partial charge in [-0.1, -0.05) is 60.1 Å².